The first kappa shape index (κ1) is 45.3. The van der Waals surface area contributed by atoms with Crippen LogP contribution in [-0.2, 0) is 0 Å². The highest BCUT2D eigenvalue weighted by molar-refractivity contribution is 5.97. The normalized spacial score (nSPS) is 15.1. The molecule has 12 heteroatoms. The fourth-order valence-electron chi connectivity index (χ4n) is 5.72. The zero-order chi connectivity index (χ0) is 28.1. The highest BCUT2D eigenvalue weighted by Crippen LogP contribution is 2.17. The molecule has 2 amide bonds. The molecule has 44 heavy (non-hydrogen) atoms. The molecule has 0 heterocycles. The predicted octanol–water partition coefficient (Wildman–Crippen LogP) is 5.42. The molecule has 1 aromatic rings. The smallest absolute Gasteiger partial charge is 0.251 e. The van der Waals surface area contributed by atoms with Crippen molar-refractivity contribution < 1.29 is 9.59 Å². The van der Waals surface area contributed by atoms with E-state index in [1.807, 2.05) is 0 Å². The topological polar surface area (TPSA) is 106 Å². The zero-order valence-electron chi connectivity index (χ0n) is 26.5. The van der Waals surface area contributed by atoms with Gasteiger partial charge in [-0.2, -0.15) is 0 Å². The van der Waals surface area contributed by atoms with E-state index in [1.54, 1.807) is 24.3 Å². The highest BCUT2D eigenvalue weighted by Gasteiger charge is 2.13. The third-order valence-corrected chi connectivity index (χ3v) is 8.22. The SMILES string of the molecule is Cl.Cl.Cl.Cl.O=C(NCCCCNCCNC1CCCCC1)c1ccc(C(=O)NCCCCNCCNC2CCCCC2)cc1. The van der Waals surface area contributed by atoms with Crippen molar-refractivity contribution in [2.24, 2.45) is 0 Å². The first-order valence-corrected chi connectivity index (χ1v) is 16.3. The molecule has 0 aromatic heterocycles. The lowest BCUT2D eigenvalue weighted by molar-refractivity contribution is 0.0941. The Morgan fingerprint density at radius 3 is 1.18 bits per heavy atom. The molecule has 1 aromatic carbocycles. The molecule has 258 valence electrons. The van der Waals surface area contributed by atoms with E-state index in [2.05, 4.69) is 31.9 Å². The van der Waals surface area contributed by atoms with Crippen molar-refractivity contribution in [1.82, 2.24) is 31.9 Å². The van der Waals surface area contributed by atoms with E-state index in [0.717, 1.165) is 77.0 Å². The molecule has 0 bridgehead atoms. The summed E-state index contributed by atoms with van der Waals surface area (Å²) in [7, 11) is 0. The van der Waals surface area contributed by atoms with Crippen molar-refractivity contribution in [3.8, 4) is 0 Å². The molecule has 8 nitrogen and oxygen atoms in total. The van der Waals surface area contributed by atoms with Gasteiger partial charge in [0.25, 0.3) is 11.8 Å². The fraction of sp³-hybridized carbons (Fsp3) is 0.750. The molecule has 2 fully saturated rings. The van der Waals surface area contributed by atoms with Crippen molar-refractivity contribution in [3.63, 3.8) is 0 Å². The number of hydrogen-bond acceptors (Lipinski definition) is 6. The van der Waals surface area contributed by atoms with Crippen molar-refractivity contribution in [2.45, 2.75) is 102 Å². The first-order chi connectivity index (χ1) is 19.7. The van der Waals surface area contributed by atoms with E-state index >= 15 is 0 Å². The van der Waals surface area contributed by atoms with Crippen molar-refractivity contribution in [2.75, 3.05) is 52.4 Å². The van der Waals surface area contributed by atoms with Crippen LogP contribution in [0.4, 0.5) is 0 Å². The Hall–Kier alpha value is -0.840. The van der Waals surface area contributed by atoms with Crippen LogP contribution in [0, 0.1) is 0 Å². The van der Waals surface area contributed by atoms with Gasteiger partial charge in [0.1, 0.15) is 0 Å². The number of rotatable bonds is 20. The quantitative estimate of drug-likeness (QED) is 0.102. The van der Waals surface area contributed by atoms with Crippen molar-refractivity contribution in [1.29, 1.82) is 0 Å². The molecule has 2 aliphatic carbocycles. The summed E-state index contributed by atoms with van der Waals surface area (Å²) in [5, 5.41) is 20.2. The maximum Gasteiger partial charge on any atom is 0.251 e. The maximum absolute atomic E-state index is 12.4. The average molecular weight is 703 g/mol. The largest absolute Gasteiger partial charge is 0.352 e. The summed E-state index contributed by atoms with van der Waals surface area (Å²) in [5.41, 5.74) is 1.18. The van der Waals surface area contributed by atoms with Crippen LogP contribution in [0.1, 0.15) is 111 Å². The van der Waals surface area contributed by atoms with Gasteiger partial charge in [-0.25, -0.2) is 0 Å². The minimum atomic E-state index is -0.0851. The molecular weight excluding hydrogens is 642 g/mol. The van der Waals surface area contributed by atoms with Gasteiger partial charge < -0.3 is 31.9 Å². The van der Waals surface area contributed by atoms with Crippen LogP contribution in [0.3, 0.4) is 0 Å². The number of carbonyl (C=O) groups is 2. The van der Waals surface area contributed by atoms with E-state index in [1.165, 1.54) is 64.2 Å². The minimum Gasteiger partial charge on any atom is -0.352 e. The summed E-state index contributed by atoms with van der Waals surface area (Å²) in [6.07, 6.45) is 17.5. The van der Waals surface area contributed by atoms with Gasteiger partial charge in [0.2, 0.25) is 0 Å². The second-order valence-corrected chi connectivity index (χ2v) is 11.6. The van der Waals surface area contributed by atoms with Crippen LogP contribution in [0.25, 0.3) is 0 Å². The first-order valence-electron chi connectivity index (χ1n) is 16.3. The van der Waals surface area contributed by atoms with Crippen LogP contribution in [0.2, 0.25) is 0 Å². The van der Waals surface area contributed by atoms with E-state index in [4.69, 9.17) is 0 Å². The predicted molar refractivity (Wildman–Crippen MR) is 194 cm³/mol. The number of halogens is 4. The van der Waals surface area contributed by atoms with Crippen LogP contribution in [0.15, 0.2) is 24.3 Å². The number of unbranched alkanes of at least 4 members (excludes halogenated alkanes) is 2. The van der Waals surface area contributed by atoms with Gasteiger partial charge in [0, 0.05) is 62.5 Å². The van der Waals surface area contributed by atoms with Crippen molar-refractivity contribution in [3.05, 3.63) is 35.4 Å². The molecule has 0 atom stereocenters. The third-order valence-electron chi connectivity index (χ3n) is 8.22. The number of amides is 2. The summed E-state index contributed by atoms with van der Waals surface area (Å²) < 4.78 is 0. The Balaban J connectivity index is 0. The Kier molecular flexibility index (Phi) is 30.4. The lowest BCUT2D eigenvalue weighted by Gasteiger charge is -2.22. The van der Waals surface area contributed by atoms with E-state index in [-0.39, 0.29) is 61.4 Å². The Morgan fingerprint density at radius 1 is 0.477 bits per heavy atom. The molecule has 0 radical (unpaired) electrons. The molecule has 2 aliphatic rings. The van der Waals surface area contributed by atoms with E-state index in [0.29, 0.717) is 24.2 Å². The maximum atomic E-state index is 12.4. The van der Waals surface area contributed by atoms with E-state index < -0.39 is 0 Å². The Bertz CT molecular complexity index is 758. The monoisotopic (exact) mass is 700 g/mol. The lowest BCUT2D eigenvalue weighted by atomic mass is 9.95. The fourth-order valence-corrected chi connectivity index (χ4v) is 5.72. The molecule has 0 spiro atoms. The lowest BCUT2D eigenvalue weighted by Crippen LogP contribution is -2.36. The second-order valence-electron chi connectivity index (χ2n) is 11.6. The minimum absolute atomic E-state index is 0. The van der Waals surface area contributed by atoms with Gasteiger partial charge in [0.05, 0.1) is 0 Å². The Morgan fingerprint density at radius 2 is 0.818 bits per heavy atom. The van der Waals surface area contributed by atoms with Crippen LogP contribution in [-0.4, -0.2) is 76.3 Å². The highest BCUT2D eigenvalue weighted by atomic mass is 35.5. The molecule has 0 aliphatic heterocycles. The summed E-state index contributed by atoms with van der Waals surface area (Å²) in [6.45, 7) is 7.33. The van der Waals surface area contributed by atoms with Gasteiger partial charge >= 0.3 is 0 Å². The summed E-state index contributed by atoms with van der Waals surface area (Å²) >= 11 is 0. The van der Waals surface area contributed by atoms with Gasteiger partial charge in [0.15, 0.2) is 0 Å². The van der Waals surface area contributed by atoms with Crippen LogP contribution >= 0.6 is 49.6 Å². The van der Waals surface area contributed by atoms with E-state index in [9.17, 15) is 9.59 Å². The van der Waals surface area contributed by atoms with Gasteiger partial charge in [-0.15, -0.1) is 49.6 Å². The molecule has 3 rings (SSSR count). The van der Waals surface area contributed by atoms with Gasteiger partial charge in [-0.05, 0) is 88.7 Å². The Labute approximate surface area is 291 Å². The average Bonchev–Trinajstić information content (AvgIpc) is 3.00. The second kappa shape index (κ2) is 29.6. The number of nitrogens with one attached hydrogen (secondary N) is 6. The summed E-state index contributed by atoms with van der Waals surface area (Å²) in [4.78, 5) is 24.8. The van der Waals surface area contributed by atoms with Crippen LogP contribution < -0.4 is 31.9 Å². The molecule has 6 N–H and O–H groups in total. The van der Waals surface area contributed by atoms with Gasteiger partial charge in [-0.3, -0.25) is 9.59 Å². The van der Waals surface area contributed by atoms with Gasteiger partial charge in [-0.1, -0.05) is 38.5 Å². The number of carbonyl (C=O) groups excluding carboxylic acids is 2. The zero-order valence-corrected chi connectivity index (χ0v) is 29.7. The number of hydrogen-bond donors (Lipinski definition) is 6. The third kappa shape index (κ3) is 20.3. The molecule has 2 saturated carbocycles. The standard InChI is InChI=1S/C32H56N6O2.4ClH/c39-31(37-21-9-7-19-33-23-25-35-29-11-3-1-4-12-29)27-15-17-28(18-16-27)32(40)38-22-10-8-20-34-24-26-36-30-13-5-2-6-14-30;;;;/h15-18,29-30,33-36H,1-14,19-26H2,(H,37,39)(H,38,40);4*1H. The summed E-state index contributed by atoms with van der Waals surface area (Å²) in [6, 6.07) is 8.37. The molecule has 0 unspecified atom stereocenters. The van der Waals surface area contributed by atoms with Crippen molar-refractivity contribution >= 4 is 61.4 Å². The molecular formula is C32H60Cl4N6O2. The number of benzene rings is 1. The summed E-state index contributed by atoms with van der Waals surface area (Å²) in [5.74, 6) is -0.170. The molecule has 0 saturated heterocycles. The van der Waals surface area contributed by atoms with Crippen LogP contribution in [0.5, 0.6) is 0 Å².